The molecule has 0 bridgehead atoms. The van der Waals surface area contributed by atoms with E-state index >= 15 is 0 Å². The average molecular weight is 488 g/mol. The molecule has 1 aliphatic rings. The third kappa shape index (κ3) is 5.20. The maximum Gasteiger partial charge on any atom is 0.341 e. The number of fused-ring (bicyclic) bond motifs is 1. The fourth-order valence-corrected chi connectivity index (χ4v) is 5.67. The van der Waals surface area contributed by atoms with Gasteiger partial charge in [0.1, 0.15) is 10.8 Å². The molecule has 33 heavy (non-hydrogen) atoms. The van der Waals surface area contributed by atoms with Gasteiger partial charge >= 0.3 is 11.2 Å². The number of carbonyl (C=O) groups excluding carboxylic acids is 2. The molecule has 1 aromatic carbocycles. The second-order valence-electron chi connectivity index (χ2n) is 7.24. The van der Waals surface area contributed by atoms with E-state index < -0.39 is 32.7 Å². The lowest BCUT2D eigenvalue weighted by Crippen LogP contribution is -2.24. The number of carbonyl (C=O) groups is 2. The molecular formula is C22H21N3O6S2. The van der Waals surface area contributed by atoms with Gasteiger partial charge in [-0.25, -0.2) is 13.2 Å². The van der Waals surface area contributed by atoms with E-state index in [1.807, 2.05) is 30.3 Å². The lowest BCUT2D eigenvalue weighted by molar-refractivity contribution is -0.113. The molecule has 0 atom stereocenters. The van der Waals surface area contributed by atoms with Crippen molar-refractivity contribution in [2.75, 3.05) is 17.7 Å². The first kappa shape index (κ1) is 22.9. The minimum Gasteiger partial charge on any atom is -0.462 e. The number of sulfone groups is 1. The Morgan fingerprint density at radius 1 is 1.18 bits per heavy atom. The number of hydrogen-bond acceptors (Lipinski definition) is 9. The molecule has 0 saturated heterocycles. The molecule has 0 spiro atoms. The van der Waals surface area contributed by atoms with Crippen LogP contribution < -0.4 is 5.32 Å². The summed E-state index contributed by atoms with van der Waals surface area (Å²) in [6, 6.07) is 9.31. The van der Waals surface area contributed by atoms with E-state index in [9.17, 15) is 18.0 Å². The molecule has 1 N–H and O–H groups in total. The van der Waals surface area contributed by atoms with Crippen LogP contribution >= 0.6 is 11.3 Å². The third-order valence-corrected chi connectivity index (χ3v) is 7.43. The van der Waals surface area contributed by atoms with Gasteiger partial charge in [0.15, 0.2) is 0 Å². The van der Waals surface area contributed by atoms with Crippen LogP contribution in [0.15, 0.2) is 40.0 Å². The summed E-state index contributed by atoms with van der Waals surface area (Å²) in [6.07, 6.45) is 5.63. The highest BCUT2D eigenvalue weighted by atomic mass is 32.2. The van der Waals surface area contributed by atoms with Gasteiger partial charge in [0, 0.05) is 11.0 Å². The fraction of sp³-hybridized carbons (Fsp3) is 0.273. The normalized spacial score (nSPS) is 13.2. The molecule has 3 aromatic rings. The molecule has 2 aromatic heterocycles. The third-order valence-electron chi connectivity index (χ3n) is 4.88. The average Bonchev–Trinajstić information content (AvgIpc) is 3.49. The number of anilines is 1. The van der Waals surface area contributed by atoms with Crippen molar-refractivity contribution in [3.05, 3.63) is 57.8 Å². The molecule has 0 radical (unpaired) electrons. The van der Waals surface area contributed by atoms with Crippen LogP contribution in [-0.4, -0.2) is 42.9 Å². The number of ether oxygens (including phenoxy) is 1. The number of nitrogens with one attached hydrogen (secondary N) is 1. The maximum atomic E-state index is 12.6. The van der Waals surface area contributed by atoms with Gasteiger partial charge < -0.3 is 14.5 Å². The quantitative estimate of drug-likeness (QED) is 0.479. The summed E-state index contributed by atoms with van der Waals surface area (Å²) in [7, 11) is -4.18. The number of aryl methyl sites for hydroxylation is 1. The molecule has 1 amide bonds. The van der Waals surface area contributed by atoms with E-state index in [0.717, 1.165) is 35.3 Å². The lowest BCUT2D eigenvalue weighted by atomic mass is 10.1. The van der Waals surface area contributed by atoms with Crippen LogP contribution in [0.2, 0.25) is 0 Å². The Morgan fingerprint density at radius 2 is 1.97 bits per heavy atom. The van der Waals surface area contributed by atoms with Gasteiger partial charge in [-0.1, -0.05) is 35.4 Å². The van der Waals surface area contributed by atoms with Crippen molar-refractivity contribution in [1.29, 1.82) is 0 Å². The number of aromatic nitrogens is 2. The molecule has 11 heteroatoms. The van der Waals surface area contributed by atoms with Gasteiger partial charge in [0.05, 0.1) is 12.2 Å². The Balaban J connectivity index is 1.46. The van der Waals surface area contributed by atoms with Gasteiger partial charge in [0.25, 0.3) is 0 Å². The van der Waals surface area contributed by atoms with Crippen LogP contribution in [0.5, 0.6) is 0 Å². The molecule has 4 rings (SSSR count). The number of benzene rings is 1. The van der Waals surface area contributed by atoms with E-state index in [0.29, 0.717) is 10.6 Å². The number of nitrogens with zero attached hydrogens (tertiary/aromatic N) is 2. The van der Waals surface area contributed by atoms with E-state index in [-0.39, 0.29) is 12.5 Å². The number of esters is 1. The van der Waals surface area contributed by atoms with Crippen LogP contribution in [0.3, 0.4) is 0 Å². The Bertz CT molecular complexity index is 1310. The number of rotatable bonds is 8. The predicted octanol–water partition coefficient (Wildman–Crippen LogP) is 3.38. The summed E-state index contributed by atoms with van der Waals surface area (Å²) < 4.78 is 35.6. The molecule has 9 nitrogen and oxygen atoms in total. The Labute approximate surface area is 194 Å². The lowest BCUT2D eigenvalue weighted by Gasteiger charge is -2.07. The topological polar surface area (TPSA) is 128 Å². The zero-order valence-corrected chi connectivity index (χ0v) is 19.4. The monoisotopic (exact) mass is 487 g/mol. The molecule has 172 valence electrons. The molecule has 0 fully saturated rings. The van der Waals surface area contributed by atoms with Gasteiger partial charge in [-0.15, -0.1) is 16.4 Å². The highest BCUT2D eigenvalue weighted by Crippen LogP contribution is 2.39. The van der Waals surface area contributed by atoms with E-state index in [4.69, 9.17) is 9.15 Å². The minimum absolute atomic E-state index is 0.00267. The minimum atomic E-state index is -4.18. The van der Waals surface area contributed by atoms with Gasteiger partial charge in [-0.3, -0.25) is 4.79 Å². The van der Waals surface area contributed by atoms with E-state index in [1.165, 1.54) is 17.4 Å². The van der Waals surface area contributed by atoms with Crippen molar-refractivity contribution in [1.82, 2.24) is 10.2 Å². The van der Waals surface area contributed by atoms with Crippen molar-refractivity contribution in [2.24, 2.45) is 0 Å². The van der Waals surface area contributed by atoms with Crippen LogP contribution in [-0.2, 0) is 32.2 Å². The zero-order valence-electron chi connectivity index (χ0n) is 17.7. The van der Waals surface area contributed by atoms with Crippen molar-refractivity contribution in [3.8, 4) is 0 Å². The molecule has 0 saturated carbocycles. The molecular weight excluding hydrogens is 466 g/mol. The van der Waals surface area contributed by atoms with Crippen LogP contribution in [0.25, 0.3) is 12.2 Å². The first-order valence-corrected chi connectivity index (χ1v) is 12.7. The summed E-state index contributed by atoms with van der Waals surface area (Å²) in [6.45, 7) is 1.90. The smallest absolute Gasteiger partial charge is 0.341 e. The summed E-state index contributed by atoms with van der Waals surface area (Å²) >= 11 is 1.27. The SMILES string of the molecule is CCOC(=O)c1c(NC(=O)CS(=O)(=O)c2nnc(C=Cc3ccccc3)o2)sc2c1CCC2. The first-order valence-electron chi connectivity index (χ1n) is 10.3. The van der Waals surface area contributed by atoms with Crippen LogP contribution in [0.4, 0.5) is 5.00 Å². The summed E-state index contributed by atoms with van der Waals surface area (Å²) in [5.41, 5.74) is 2.05. The Kier molecular flexibility index (Phi) is 6.70. The summed E-state index contributed by atoms with van der Waals surface area (Å²) in [5.74, 6) is -2.24. The van der Waals surface area contributed by atoms with Crippen molar-refractivity contribution in [2.45, 2.75) is 31.4 Å². The zero-order chi connectivity index (χ0) is 23.4. The van der Waals surface area contributed by atoms with Gasteiger partial charge in [-0.05, 0) is 43.4 Å². The van der Waals surface area contributed by atoms with Crippen molar-refractivity contribution in [3.63, 3.8) is 0 Å². The second-order valence-corrected chi connectivity index (χ2v) is 10.2. The molecule has 1 aliphatic carbocycles. The maximum absolute atomic E-state index is 12.6. The summed E-state index contributed by atoms with van der Waals surface area (Å²) in [4.78, 5) is 26.0. The number of hydrogen-bond donors (Lipinski definition) is 1. The molecule has 0 aliphatic heterocycles. The fourth-order valence-electron chi connectivity index (χ4n) is 3.45. The van der Waals surface area contributed by atoms with E-state index in [1.54, 1.807) is 13.0 Å². The first-order chi connectivity index (χ1) is 15.9. The molecule has 2 heterocycles. The van der Waals surface area contributed by atoms with Gasteiger partial charge in [-0.2, -0.15) is 0 Å². The number of amides is 1. The largest absolute Gasteiger partial charge is 0.462 e. The van der Waals surface area contributed by atoms with Gasteiger partial charge in [0.2, 0.25) is 21.6 Å². The van der Waals surface area contributed by atoms with E-state index in [2.05, 4.69) is 15.5 Å². The Hall–Kier alpha value is -3.31. The predicted molar refractivity (Wildman–Crippen MR) is 123 cm³/mol. The molecule has 0 unspecified atom stereocenters. The highest BCUT2D eigenvalue weighted by molar-refractivity contribution is 7.91. The summed E-state index contributed by atoms with van der Waals surface area (Å²) in [5, 5.41) is 9.48. The van der Waals surface area contributed by atoms with Crippen molar-refractivity contribution >= 4 is 50.2 Å². The van der Waals surface area contributed by atoms with Crippen molar-refractivity contribution < 1.29 is 27.2 Å². The standard InChI is InChI=1S/C22H21N3O6S2/c1-2-30-21(27)19-15-9-6-10-16(15)32-20(19)23-17(26)13-33(28,29)22-25-24-18(31-22)12-11-14-7-4-3-5-8-14/h3-5,7-8,11-12H,2,6,9-10,13H2,1H3,(H,23,26). The second kappa shape index (κ2) is 9.67. The Morgan fingerprint density at radius 3 is 2.73 bits per heavy atom. The van der Waals surface area contributed by atoms with Crippen LogP contribution in [0, 0.1) is 0 Å². The van der Waals surface area contributed by atoms with Crippen LogP contribution in [0.1, 0.15) is 45.6 Å². The highest BCUT2D eigenvalue weighted by Gasteiger charge is 2.30. The number of thiophene rings is 1.